The average molecular weight is 272 g/mol. The number of alkyl halides is 3. The number of ether oxygens (including phenoxy) is 1. The summed E-state index contributed by atoms with van der Waals surface area (Å²) in [5.74, 6) is 0.222. The van der Waals surface area contributed by atoms with Gasteiger partial charge in [0.15, 0.2) is 5.58 Å². The van der Waals surface area contributed by atoms with E-state index in [-0.39, 0.29) is 18.0 Å². The Kier molecular flexibility index (Phi) is 2.58. The molecule has 0 spiro atoms. The molecule has 0 saturated carbocycles. The van der Waals surface area contributed by atoms with Crippen LogP contribution < -0.4 is 5.73 Å². The summed E-state index contributed by atoms with van der Waals surface area (Å²) in [5, 5.41) is 0. The highest BCUT2D eigenvalue weighted by atomic mass is 19.4. The van der Waals surface area contributed by atoms with Crippen LogP contribution in [0.4, 0.5) is 13.2 Å². The van der Waals surface area contributed by atoms with Crippen molar-refractivity contribution in [2.45, 2.75) is 18.1 Å². The summed E-state index contributed by atoms with van der Waals surface area (Å²) < 4.78 is 48.4. The minimum Gasteiger partial charge on any atom is -0.439 e. The summed E-state index contributed by atoms with van der Waals surface area (Å²) >= 11 is 0. The first kappa shape index (κ1) is 12.4. The molecule has 2 N–H and O–H groups in total. The third-order valence-electron chi connectivity index (χ3n) is 3.19. The van der Waals surface area contributed by atoms with Gasteiger partial charge in [-0.3, -0.25) is 0 Å². The standard InChI is InChI=1S/C12H11F3N2O2/c13-12(14,15)7-1-2-9-8(5-7)17-10(19-9)11(16)3-4-18-6-11/h1-2,5H,3-4,6,16H2. The quantitative estimate of drug-likeness (QED) is 0.866. The molecular formula is C12H11F3N2O2. The maximum atomic E-state index is 12.6. The third kappa shape index (κ3) is 2.08. The molecule has 1 aliphatic heterocycles. The average Bonchev–Trinajstić information content (AvgIpc) is 2.93. The third-order valence-corrected chi connectivity index (χ3v) is 3.19. The van der Waals surface area contributed by atoms with Gasteiger partial charge in [-0.15, -0.1) is 0 Å². The second kappa shape index (κ2) is 3.94. The smallest absolute Gasteiger partial charge is 0.416 e. The Morgan fingerprint density at radius 1 is 1.32 bits per heavy atom. The van der Waals surface area contributed by atoms with E-state index in [9.17, 15) is 13.2 Å². The van der Waals surface area contributed by atoms with Crippen LogP contribution in [0, 0.1) is 0 Å². The van der Waals surface area contributed by atoms with E-state index >= 15 is 0 Å². The van der Waals surface area contributed by atoms with Gasteiger partial charge >= 0.3 is 6.18 Å². The molecule has 1 atom stereocenters. The molecule has 2 aromatic rings. The van der Waals surface area contributed by atoms with E-state index in [2.05, 4.69) is 4.98 Å². The van der Waals surface area contributed by atoms with E-state index in [0.29, 0.717) is 18.6 Å². The lowest BCUT2D eigenvalue weighted by atomic mass is 10.0. The topological polar surface area (TPSA) is 61.3 Å². The predicted octanol–water partition coefficient (Wildman–Crippen LogP) is 2.42. The van der Waals surface area contributed by atoms with Crippen molar-refractivity contribution in [3.05, 3.63) is 29.7 Å². The number of hydrogen-bond acceptors (Lipinski definition) is 4. The summed E-state index contributed by atoms with van der Waals surface area (Å²) in [5.41, 5.74) is 4.90. The van der Waals surface area contributed by atoms with Crippen molar-refractivity contribution in [2.75, 3.05) is 13.2 Å². The minimum atomic E-state index is -4.40. The number of rotatable bonds is 1. The van der Waals surface area contributed by atoms with E-state index < -0.39 is 17.3 Å². The summed E-state index contributed by atoms with van der Waals surface area (Å²) in [6, 6.07) is 3.18. The van der Waals surface area contributed by atoms with Gasteiger partial charge in [-0.1, -0.05) is 0 Å². The number of nitrogens with zero attached hydrogens (tertiary/aromatic N) is 1. The monoisotopic (exact) mass is 272 g/mol. The lowest BCUT2D eigenvalue weighted by molar-refractivity contribution is -0.137. The molecule has 19 heavy (non-hydrogen) atoms. The van der Waals surface area contributed by atoms with Gasteiger partial charge in [0.2, 0.25) is 5.89 Å². The summed E-state index contributed by atoms with van der Waals surface area (Å²) in [6.07, 6.45) is -3.86. The Hall–Kier alpha value is -1.60. The van der Waals surface area contributed by atoms with Crippen LogP contribution in [-0.4, -0.2) is 18.2 Å². The Morgan fingerprint density at radius 2 is 2.11 bits per heavy atom. The van der Waals surface area contributed by atoms with Gasteiger partial charge in [0, 0.05) is 6.61 Å². The maximum absolute atomic E-state index is 12.6. The fourth-order valence-electron chi connectivity index (χ4n) is 2.07. The first-order valence-corrected chi connectivity index (χ1v) is 5.73. The van der Waals surface area contributed by atoms with Crippen LogP contribution in [-0.2, 0) is 16.5 Å². The van der Waals surface area contributed by atoms with Gasteiger partial charge in [0.05, 0.1) is 12.2 Å². The number of halogens is 3. The molecule has 0 radical (unpaired) electrons. The number of hydrogen-bond donors (Lipinski definition) is 1. The highest BCUT2D eigenvalue weighted by molar-refractivity contribution is 5.73. The molecule has 1 aromatic carbocycles. The van der Waals surface area contributed by atoms with Gasteiger partial charge in [-0.05, 0) is 24.6 Å². The van der Waals surface area contributed by atoms with E-state index in [1.165, 1.54) is 6.07 Å². The number of aromatic nitrogens is 1. The van der Waals surface area contributed by atoms with Crippen LogP contribution >= 0.6 is 0 Å². The van der Waals surface area contributed by atoms with E-state index in [0.717, 1.165) is 12.1 Å². The first-order chi connectivity index (χ1) is 8.88. The number of fused-ring (bicyclic) bond motifs is 1. The first-order valence-electron chi connectivity index (χ1n) is 5.73. The maximum Gasteiger partial charge on any atom is 0.416 e. The number of nitrogens with two attached hydrogens (primary N) is 1. The summed E-state index contributed by atoms with van der Waals surface area (Å²) in [6.45, 7) is 0.745. The molecule has 3 rings (SSSR count). The van der Waals surface area contributed by atoms with Crippen molar-refractivity contribution in [3.63, 3.8) is 0 Å². The SMILES string of the molecule is NC1(c2nc3cc(C(F)(F)F)ccc3o2)CCOC1. The Labute approximate surface area is 106 Å². The molecule has 7 heteroatoms. The molecule has 0 bridgehead atoms. The van der Waals surface area contributed by atoms with Gasteiger partial charge in [0.1, 0.15) is 11.1 Å². The molecule has 2 heterocycles. The number of oxazole rings is 1. The highest BCUT2D eigenvalue weighted by Gasteiger charge is 2.38. The van der Waals surface area contributed by atoms with Gasteiger partial charge in [-0.2, -0.15) is 13.2 Å². The van der Waals surface area contributed by atoms with E-state index in [4.69, 9.17) is 14.9 Å². The molecule has 102 valence electrons. The Morgan fingerprint density at radius 3 is 2.74 bits per heavy atom. The van der Waals surface area contributed by atoms with Crippen LogP contribution in [0.2, 0.25) is 0 Å². The Bertz CT molecular complexity index is 615. The Balaban J connectivity index is 2.06. The lowest BCUT2D eigenvalue weighted by Crippen LogP contribution is -2.37. The van der Waals surface area contributed by atoms with E-state index in [1.807, 2.05) is 0 Å². The molecule has 1 aromatic heterocycles. The molecule has 0 aliphatic carbocycles. The molecular weight excluding hydrogens is 261 g/mol. The fraction of sp³-hybridized carbons (Fsp3) is 0.417. The van der Waals surface area contributed by atoms with Crippen LogP contribution in [0.5, 0.6) is 0 Å². The normalized spacial score (nSPS) is 24.2. The number of benzene rings is 1. The van der Waals surface area contributed by atoms with Crippen molar-refractivity contribution < 1.29 is 22.3 Å². The van der Waals surface area contributed by atoms with Gasteiger partial charge in [0.25, 0.3) is 0 Å². The van der Waals surface area contributed by atoms with Crippen LogP contribution in [0.1, 0.15) is 17.9 Å². The van der Waals surface area contributed by atoms with Crippen molar-refractivity contribution in [1.82, 2.24) is 4.98 Å². The minimum absolute atomic E-state index is 0.154. The van der Waals surface area contributed by atoms with Crippen molar-refractivity contribution in [2.24, 2.45) is 5.73 Å². The zero-order valence-electron chi connectivity index (χ0n) is 9.83. The molecule has 1 saturated heterocycles. The molecule has 1 fully saturated rings. The molecule has 0 amide bonds. The molecule has 4 nitrogen and oxygen atoms in total. The second-order valence-electron chi connectivity index (χ2n) is 4.66. The van der Waals surface area contributed by atoms with Gasteiger partial charge < -0.3 is 14.9 Å². The lowest BCUT2D eigenvalue weighted by Gasteiger charge is -2.16. The summed E-state index contributed by atoms with van der Waals surface area (Å²) in [4.78, 5) is 4.07. The zero-order valence-corrected chi connectivity index (χ0v) is 9.83. The van der Waals surface area contributed by atoms with Crippen LogP contribution in [0.25, 0.3) is 11.1 Å². The predicted molar refractivity (Wildman–Crippen MR) is 60.3 cm³/mol. The molecule has 1 aliphatic rings. The van der Waals surface area contributed by atoms with Crippen molar-refractivity contribution in [1.29, 1.82) is 0 Å². The van der Waals surface area contributed by atoms with Gasteiger partial charge in [-0.25, -0.2) is 4.98 Å². The largest absolute Gasteiger partial charge is 0.439 e. The molecule has 1 unspecified atom stereocenters. The zero-order chi connectivity index (χ0) is 13.7. The second-order valence-corrected chi connectivity index (χ2v) is 4.66. The highest BCUT2D eigenvalue weighted by Crippen LogP contribution is 2.34. The van der Waals surface area contributed by atoms with Crippen molar-refractivity contribution >= 4 is 11.1 Å². The van der Waals surface area contributed by atoms with Crippen molar-refractivity contribution in [3.8, 4) is 0 Å². The fourth-order valence-corrected chi connectivity index (χ4v) is 2.07. The van der Waals surface area contributed by atoms with E-state index in [1.54, 1.807) is 0 Å². The summed E-state index contributed by atoms with van der Waals surface area (Å²) in [7, 11) is 0. The van der Waals surface area contributed by atoms with Crippen LogP contribution in [0.15, 0.2) is 22.6 Å². The van der Waals surface area contributed by atoms with Crippen LogP contribution in [0.3, 0.4) is 0 Å².